The molecule has 7 heteroatoms. The van der Waals surface area contributed by atoms with Crippen LogP contribution in [0.4, 0.5) is 4.79 Å². The number of carbonyl (C=O) groups excluding carboxylic acids is 1. The van der Waals surface area contributed by atoms with E-state index >= 15 is 0 Å². The first-order valence-electron chi connectivity index (χ1n) is 8.69. The van der Waals surface area contributed by atoms with Gasteiger partial charge in [0.25, 0.3) is 0 Å². The van der Waals surface area contributed by atoms with E-state index in [4.69, 9.17) is 4.74 Å². The maximum absolute atomic E-state index is 12.4. The monoisotopic (exact) mass is 341 g/mol. The highest BCUT2D eigenvalue weighted by atomic mass is 16.6. The SMILES string of the molecule is CC(C)(C)OC(=O)N1CCCC(n2cnc3cnc4[nH]ccc4c32)C1. The molecule has 1 amide bonds. The molecule has 0 saturated carbocycles. The molecule has 0 aliphatic carbocycles. The second-order valence-corrected chi connectivity index (χ2v) is 7.61. The van der Waals surface area contributed by atoms with Crippen molar-refractivity contribution in [3.05, 3.63) is 24.8 Å². The lowest BCUT2D eigenvalue weighted by Gasteiger charge is -2.34. The zero-order valence-corrected chi connectivity index (χ0v) is 14.8. The smallest absolute Gasteiger partial charge is 0.410 e. The Kier molecular flexibility index (Phi) is 3.67. The molecule has 1 fully saturated rings. The molecule has 4 heterocycles. The number of carbonyl (C=O) groups is 1. The van der Waals surface area contributed by atoms with E-state index in [9.17, 15) is 4.79 Å². The van der Waals surface area contributed by atoms with Gasteiger partial charge in [-0.3, -0.25) is 0 Å². The van der Waals surface area contributed by atoms with Crippen molar-refractivity contribution in [2.45, 2.75) is 45.3 Å². The quantitative estimate of drug-likeness (QED) is 0.735. The lowest BCUT2D eigenvalue weighted by molar-refractivity contribution is 0.0174. The number of imidazole rings is 1. The van der Waals surface area contributed by atoms with Gasteiger partial charge < -0.3 is 19.2 Å². The van der Waals surface area contributed by atoms with Gasteiger partial charge in [0.1, 0.15) is 16.8 Å². The summed E-state index contributed by atoms with van der Waals surface area (Å²) in [4.78, 5) is 26.3. The van der Waals surface area contributed by atoms with E-state index in [-0.39, 0.29) is 12.1 Å². The van der Waals surface area contributed by atoms with Crippen molar-refractivity contribution in [1.29, 1.82) is 0 Å². The standard InChI is InChI=1S/C18H23N5O2/c1-18(2,3)25-17(24)22-8-4-5-12(10-22)23-11-21-14-9-20-16-13(15(14)23)6-7-19-16/h6-7,9,11-12H,4-5,8,10H2,1-3H3,(H,19,20). The fourth-order valence-corrected chi connectivity index (χ4v) is 3.48. The molecule has 132 valence electrons. The van der Waals surface area contributed by atoms with Crippen LogP contribution in [0.15, 0.2) is 24.8 Å². The van der Waals surface area contributed by atoms with Gasteiger partial charge >= 0.3 is 6.09 Å². The normalized spacial score (nSPS) is 18.8. The minimum atomic E-state index is -0.477. The Morgan fingerprint density at radius 2 is 2.20 bits per heavy atom. The average Bonchev–Trinajstić information content (AvgIpc) is 3.19. The van der Waals surface area contributed by atoms with Gasteiger partial charge in [0.2, 0.25) is 0 Å². The van der Waals surface area contributed by atoms with Gasteiger partial charge in [-0.15, -0.1) is 0 Å². The van der Waals surface area contributed by atoms with Crippen molar-refractivity contribution in [2.75, 3.05) is 13.1 Å². The Balaban J connectivity index is 1.65. The minimum Gasteiger partial charge on any atom is -0.444 e. The zero-order valence-electron chi connectivity index (χ0n) is 14.8. The molecule has 7 nitrogen and oxygen atoms in total. The number of piperidine rings is 1. The highest BCUT2D eigenvalue weighted by Gasteiger charge is 2.29. The predicted molar refractivity (Wildman–Crippen MR) is 95.5 cm³/mol. The van der Waals surface area contributed by atoms with Crippen molar-refractivity contribution in [1.82, 2.24) is 24.4 Å². The first kappa shape index (κ1) is 15.9. The first-order chi connectivity index (χ1) is 11.9. The van der Waals surface area contributed by atoms with Crippen molar-refractivity contribution < 1.29 is 9.53 Å². The van der Waals surface area contributed by atoms with Gasteiger partial charge in [0.15, 0.2) is 0 Å². The number of aromatic amines is 1. The Morgan fingerprint density at radius 3 is 3.00 bits per heavy atom. The van der Waals surface area contributed by atoms with E-state index in [1.165, 1.54) is 0 Å². The molecule has 0 bridgehead atoms. The molecule has 25 heavy (non-hydrogen) atoms. The molecular formula is C18H23N5O2. The van der Waals surface area contributed by atoms with Gasteiger partial charge in [-0.2, -0.15) is 0 Å². The van der Waals surface area contributed by atoms with Crippen LogP contribution in [0.1, 0.15) is 39.7 Å². The lowest BCUT2D eigenvalue weighted by Crippen LogP contribution is -2.43. The number of pyridine rings is 1. The first-order valence-corrected chi connectivity index (χ1v) is 8.69. The lowest BCUT2D eigenvalue weighted by atomic mass is 10.1. The molecule has 1 atom stereocenters. The van der Waals surface area contributed by atoms with Crippen LogP contribution in [0.25, 0.3) is 22.1 Å². The summed E-state index contributed by atoms with van der Waals surface area (Å²) in [7, 11) is 0. The van der Waals surface area contributed by atoms with Gasteiger partial charge in [-0.25, -0.2) is 14.8 Å². The molecule has 1 aliphatic rings. The van der Waals surface area contributed by atoms with Crippen molar-refractivity contribution >= 4 is 28.2 Å². The third kappa shape index (κ3) is 2.94. The number of rotatable bonds is 1. The molecule has 3 aromatic heterocycles. The van der Waals surface area contributed by atoms with Crippen LogP contribution in [0.2, 0.25) is 0 Å². The van der Waals surface area contributed by atoms with Crippen molar-refractivity contribution in [3.8, 4) is 0 Å². The number of amides is 1. The van der Waals surface area contributed by atoms with Crippen LogP contribution in [0.5, 0.6) is 0 Å². The third-order valence-corrected chi connectivity index (χ3v) is 4.56. The van der Waals surface area contributed by atoms with Crippen molar-refractivity contribution in [3.63, 3.8) is 0 Å². The van der Waals surface area contributed by atoms with Gasteiger partial charge in [0, 0.05) is 24.7 Å². The number of H-pyrrole nitrogens is 1. The second kappa shape index (κ2) is 5.75. The summed E-state index contributed by atoms with van der Waals surface area (Å²) in [5.74, 6) is 0. The average molecular weight is 341 g/mol. The third-order valence-electron chi connectivity index (χ3n) is 4.56. The largest absolute Gasteiger partial charge is 0.444 e. The molecule has 1 aliphatic heterocycles. The summed E-state index contributed by atoms with van der Waals surface area (Å²) in [6.07, 6.45) is 7.27. The Labute approximate surface area is 146 Å². The Hall–Kier alpha value is -2.57. The number of ether oxygens (including phenoxy) is 1. The van der Waals surface area contributed by atoms with E-state index < -0.39 is 5.60 Å². The number of hydrogen-bond donors (Lipinski definition) is 1. The topological polar surface area (TPSA) is 76.0 Å². The summed E-state index contributed by atoms with van der Waals surface area (Å²) in [6, 6.07) is 2.21. The molecule has 1 saturated heterocycles. The summed E-state index contributed by atoms with van der Waals surface area (Å²) < 4.78 is 7.72. The fraction of sp³-hybridized carbons (Fsp3) is 0.500. The minimum absolute atomic E-state index is 0.187. The molecule has 1 unspecified atom stereocenters. The number of nitrogens with one attached hydrogen (secondary N) is 1. The Morgan fingerprint density at radius 1 is 1.36 bits per heavy atom. The van der Waals surface area contributed by atoms with Crippen LogP contribution < -0.4 is 0 Å². The van der Waals surface area contributed by atoms with E-state index in [1.54, 1.807) is 11.1 Å². The summed E-state index contributed by atoms with van der Waals surface area (Å²) in [6.45, 7) is 7.05. The molecule has 0 radical (unpaired) electrons. The highest BCUT2D eigenvalue weighted by molar-refractivity contribution is 6.00. The van der Waals surface area contributed by atoms with Crippen LogP contribution in [-0.2, 0) is 4.74 Å². The molecule has 1 N–H and O–H groups in total. The number of nitrogens with zero attached hydrogens (tertiary/aromatic N) is 4. The maximum atomic E-state index is 12.4. The number of aromatic nitrogens is 4. The van der Waals surface area contributed by atoms with Gasteiger partial charge in [-0.1, -0.05) is 0 Å². The molecule has 0 spiro atoms. The maximum Gasteiger partial charge on any atom is 0.410 e. The summed E-state index contributed by atoms with van der Waals surface area (Å²) in [5, 5.41) is 1.06. The number of fused-ring (bicyclic) bond motifs is 3. The molecule has 0 aromatic carbocycles. The molecule has 4 rings (SSSR count). The fourth-order valence-electron chi connectivity index (χ4n) is 3.48. The van der Waals surface area contributed by atoms with Crippen LogP contribution in [0.3, 0.4) is 0 Å². The number of likely N-dealkylation sites (tertiary alicyclic amines) is 1. The number of hydrogen-bond acceptors (Lipinski definition) is 4. The Bertz CT molecular complexity index is 920. The zero-order chi connectivity index (χ0) is 17.6. The van der Waals surface area contributed by atoms with Gasteiger partial charge in [-0.05, 0) is 39.7 Å². The molecular weight excluding hydrogens is 318 g/mol. The highest BCUT2D eigenvalue weighted by Crippen LogP contribution is 2.29. The van der Waals surface area contributed by atoms with Gasteiger partial charge in [0.05, 0.1) is 24.1 Å². The van der Waals surface area contributed by atoms with Crippen molar-refractivity contribution in [2.24, 2.45) is 0 Å². The van der Waals surface area contributed by atoms with E-state index in [0.717, 1.165) is 41.5 Å². The summed E-state index contributed by atoms with van der Waals surface area (Å²) in [5.41, 5.74) is 2.33. The van der Waals surface area contributed by atoms with E-state index in [2.05, 4.69) is 19.5 Å². The van der Waals surface area contributed by atoms with Crippen LogP contribution >= 0.6 is 0 Å². The molecule has 3 aromatic rings. The summed E-state index contributed by atoms with van der Waals surface area (Å²) >= 11 is 0. The van der Waals surface area contributed by atoms with E-state index in [1.807, 2.05) is 39.4 Å². The second-order valence-electron chi connectivity index (χ2n) is 7.61. The van der Waals surface area contributed by atoms with Crippen LogP contribution in [0, 0.1) is 0 Å². The van der Waals surface area contributed by atoms with E-state index in [0.29, 0.717) is 6.54 Å². The predicted octanol–water partition coefficient (Wildman–Crippen LogP) is 3.48. The van der Waals surface area contributed by atoms with Crippen LogP contribution in [-0.4, -0.2) is 49.2 Å².